The summed E-state index contributed by atoms with van der Waals surface area (Å²) >= 11 is 0. The van der Waals surface area contributed by atoms with Gasteiger partial charge in [-0.05, 0) is 60.4 Å². The van der Waals surface area contributed by atoms with Gasteiger partial charge in [0, 0.05) is 36.2 Å². The van der Waals surface area contributed by atoms with Gasteiger partial charge in [0.2, 0.25) is 5.91 Å². The van der Waals surface area contributed by atoms with E-state index in [2.05, 4.69) is 10.3 Å². The molecule has 1 aliphatic rings. The number of nitrogens with one attached hydrogen (secondary N) is 1. The quantitative estimate of drug-likeness (QED) is 0.493. The molecule has 1 aliphatic heterocycles. The fourth-order valence-electron chi connectivity index (χ4n) is 4.58. The number of rotatable bonds is 3. The summed E-state index contributed by atoms with van der Waals surface area (Å²) in [7, 11) is 0. The van der Waals surface area contributed by atoms with Crippen molar-refractivity contribution in [1.29, 1.82) is 0 Å². The molecule has 1 N–H and O–H groups in total. The van der Waals surface area contributed by atoms with E-state index in [-0.39, 0.29) is 17.7 Å². The zero-order valence-electron chi connectivity index (χ0n) is 18.0. The fourth-order valence-corrected chi connectivity index (χ4v) is 4.58. The van der Waals surface area contributed by atoms with Crippen molar-refractivity contribution < 1.29 is 9.59 Å². The molecular weight excluding hydrogens is 398 g/mol. The maximum Gasteiger partial charge on any atom is 0.254 e. The van der Waals surface area contributed by atoms with Crippen LogP contribution >= 0.6 is 0 Å². The predicted octanol–water partition coefficient (Wildman–Crippen LogP) is 5.19. The Morgan fingerprint density at radius 1 is 0.906 bits per heavy atom. The van der Waals surface area contributed by atoms with Crippen molar-refractivity contribution in [2.45, 2.75) is 19.8 Å². The molecule has 32 heavy (non-hydrogen) atoms. The summed E-state index contributed by atoms with van der Waals surface area (Å²) in [6.45, 7) is 3.18. The number of aromatic nitrogens is 1. The Morgan fingerprint density at radius 3 is 2.50 bits per heavy atom. The van der Waals surface area contributed by atoms with Crippen LogP contribution in [0.25, 0.3) is 21.7 Å². The Labute approximate surface area is 187 Å². The van der Waals surface area contributed by atoms with Crippen LogP contribution in [0.3, 0.4) is 0 Å². The molecule has 0 spiro atoms. The first kappa shape index (κ1) is 20.2. The van der Waals surface area contributed by atoms with Crippen LogP contribution in [0.4, 0.5) is 5.69 Å². The maximum atomic E-state index is 13.2. The van der Waals surface area contributed by atoms with E-state index in [4.69, 9.17) is 0 Å². The average Bonchev–Trinajstić information content (AvgIpc) is 2.85. The minimum Gasteiger partial charge on any atom is -0.339 e. The largest absolute Gasteiger partial charge is 0.339 e. The third-order valence-corrected chi connectivity index (χ3v) is 6.40. The van der Waals surface area contributed by atoms with E-state index in [0.29, 0.717) is 25.9 Å². The molecule has 160 valence electrons. The minimum absolute atomic E-state index is 0.0104. The number of hydrogen-bond acceptors (Lipinski definition) is 3. The Balaban J connectivity index is 1.27. The van der Waals surface area contributed by atoms with Gasteiger partial charge < -0.3 is 10.2 Å². The summed E-state index contributed by atoms with van der Waals surface area (Å²) < 4.78 is 0. The van der Waals surface area contributed by atoms with Gasteiger partial charge in [-0.15, -0.1) is 0 Å². The number of anilines is 1. The summed E-state index contributed by atoms with van der Waals surface area (Å²) in [6, 6.07) is 21.6. The summed E-state index contributed by atoms with van der Waals surface area (Å²) in [4.78, 5) is 32.5. The highest BCUT2D eigenvalue weighted by Crippen LogP contribution is 2.27. The monoisotopic (exact) mass is 423 g/mol. The van der Waals surface area contributed by atoms with Crippen LogP contribution in [0.1, 0.15) is 28.8 Å². The van der Waals surface area contributed by atoms with Crippen molar-refractivity contribution in [2.24, 2.45) is 5.92 Å². The average molecular weight is 424 g/mol. The van der Waals surface area contributed by atoms with Crippen LogP contribution in [0.2, 0.25) is 0 Å². The third-order valence-electron chi connectivity index (χ3n) is 6.40. The molecule has 0 radical (unpaired) electrons. The predicted molar refractivity (Wildman–Crippen MR) is 128 cm³/mol. The van der Waals surface area contributed by atoms with Gasteiger partial charge in [-0.3, -0.25) is 14.6 Å². The molecule has 0 saturated carbocycles. The number of fused-ring (bicyclic) bond motifs is 2. The maximum absolute atomic E-state index is 13.2. The lowest BCUT2D eigenvalue weighted by Crippen LogP contribution is -2.41. The molecule has 5 heteroatoms. The third kappa shape index (κ3) is 3.71. The molecule has 0 unspecified atom stereocenters. The van der Waals surface area contributed by atoms with Crippen molar-refractivity contribution >= 4 is 39.2 Å². The second-order valence-corrected chi connectivity index (χ2v) is 8.41. The molecule has 4 aromatic rings. The van der Waals surface area contributed by atoms with Crippen LogP contribution < -0.4 is 5.32 Å². The first-order chi connectivity index (χ1) is 15.6. The fraction of sp³-hybridized carbons (Fsp3) is 0.222. The lowest BCUT2D eigenvalue weighted by Gasteiger charge is -2.31. The van der Waals surface area contributed by atoms with Crippen molar-refractivity contribution in [3.05, 3.63) is 84.1 Å². The summed E-state index contributed by atoms with van der Waals surface area (Å²) in [5.74, 6) is -0.0629. The number of hydrogen-bond donors (Lipinski definition) is 1. The van der Waals surface area contributed by atoms with Crippen LogP contribution in [-0.2, 0) is 4.79 Å². The molecule has 2 heterocycles. The number of piperidine rings is 1. The Hall–Kier alpha value is -3.73. The van der Waals surface area contributed by atoms with Crippen molar-refractivity contribution in [1.82, 2.24) is 9.88 Å². The molecule has 5 nitrogen and oxygen atoms in total. The van der Waals surface area contributed by atoms with Gasteiger partial charge in [0.25, 0.3) is 5.91 Å². The molecule has 3 aromatic carbocycles. The van der Waals surface area contributed by atoms with E-state index in [1.165, 1.54) is 0 Å². The number of likely N-dealkylation sites (tertiary alicyclic amines) is 1. The number of carbonyl (C=O) groups excluding carboxylic acids is 2. The lowest BCUT2D eigenvalue weighted by molar-refractivity contribution is -0.121. The van der Waals surface area contributed by atoms with Gasteiger partial charge >= 0.3 is 0 Å². The van der Waals surface area contributed by atoms with E-state index in [1.54, 1.807) is 6.20 Å². The van der Waals surface area contributed by atoms with Crippen molar-refractivity contribution in [2.75, 3.05) is 18.4 Å². The second-order valence-electron chi connectivity index (χ2n) is 8.41. The van der Waals surface area contributed by atoms with Crippen LogP contribution in [-0.4, -0.2) is 34.8 Å². The first-order valence-electron chi connectivity index (χ1n) is 11.0. The number of carbonyl (C=O) groups is 2. The van der Waals surface area contributed by atoms with Gasteiger partial charge in [-0.25, -0.2) is 0 Å². The Kier molecular flexibility index (Phi) is 5.31. The molecule has 1 saturated heterocycles. The highest BCUT2D eigenvalue weighted by atomic mass is 16.2. The van der Waals surface area contributed by atoms with Gasteiger partial charge in [0.05, 0.1) is 11.2 Å². The van der Waals surface area contributed by atoms with E-state index >= 15 is 0 Å². The molecule has 1 aromatic heterocycles. The molecule has 0 atom stereocenters. The number of benzene rings is 3. The van der Waals surface area contributed by atoms with Crippen molar-refractivity contribution in [3.63, 3.8) is 0 Å². The smallest absolute Gasteiger partial charge is 0.254 e. The normalized spacial score (nSPS) is 14.6. The molecule has 5 rings (SSSR count). The SMILES string of the molecule is Cc1ccc(NC(=O)C2CCN(C(=O)c3cccc4ccccc34)CC2)c2cccnc12. The highest BCUT2D eigenvalue weighted by Gasteiger charge is 2.28. The zero-order valence-corrected chi connectivity index (χ0v) is 18.0. The molecule has 0 aliphatic carbocycles. The van der Waals surface area contributed by atoms with Crippen LogP contribution in [0.5, 0.6) is 0 Å². The number of pyridine rings is 1. The Morgan fingerprint density at radius 2 is 1.66 bits per heavy atom. The van der Waals surface area contributed by atoms with Crippen LogP contribution in [0, 0.1) is 12.8 Å². The number of aryl methyl sites for hydroxylation is 1. The summed E-state index contributed by atoms with van der Waals surface area (Å²) in [5.41, 5.74) is 3.50. The molecule has 1 fully saturated rings. The van der Waals surface area contributed by atoms with Gasteiger partial charge in [-0.1, -0.05) is 42.5 Å². The molecule has 2 amide bonds. The molecule has 0 bridgehead atoms. The van der Waals surface area contributed by atoms with E-state index < -0.39 is 0 Å². The zero-order chi connectivity index (χ0) is 22.1. The topological polar surface area (TPSA) is 62.3 Å². The molecular formula is C27H25N3O2. The van der Waals surface area contributed by atoms with E-state index in [1.807, 2.05) is 78.6 Å². The lowest BCUT2D eigenvalue weighted by atomic mass is 9.94. The summed E-state index contributed by atoms with van der Waals surface area (Å²) in [6.07, 6.45) is 3.08. The number of nitrogens with zero attached hydrogens (tertiary/aromatic N) is 2. The van der Waals surface area contributed by atoms with Crippen molar-refractivity contribution in [3.8, 4) is 0 Å². The second kappa shape index (κ2) is 8.42. The number of amides is 2. The Bertz CT molecular complexity index is 1320. The first-order valence-corrected chi connectivity index (χ1v) is 11.0. The highest BCUT2D eigenvalue weighted by molar-refractivity contribution is 6.07. The van der Waals surface area contributed by atoms with Gasteiger partial charge in [0.15, 0.2) is 0 Å². The van der Waals surface area contributed by atoms with Gasteiger partial charge in [-0.2, -0.15) is 0 Å². The van der Waals surface area contributed by atoms with Crippen LogP contribution in [0.15, 0.2) is 72.9 Å². The van der Waals surface area contributed by atoms with Gasteiger partial charge in [0.1, 0.15) is 0 Å². The van der Waals surface area contributed by atoms with E-state index in [9.17, 15) is 9.59 Å². The summed E-state index contributed by atoms with van der Waals surface area (Å²) in [5, 5.41) is 6.08. The minimum atomic E-state index is -0.111. The van der Waals surface area contributed by atoms with E-state index in [0.717, 1.165) is 38.5 Å². The standard InChI is InChI=1S/C27H25N3O2/c1-18-11-12-24(23-10-5-15-28-25(18)23)29-26(31)20-13-16-30(17-14-20)27(32)22-9-4-7-19-6-2-3-8-21(19)22/h2-12,15,20H,13-14,16-17H2,1H3,(H,29,31).